The Hall–Kier alpha value is -0.350. The fraction of sp³-hybridized carbons (Fsp3) is 0.769. The maximum atomic E-state index is 5.67. The van der Waals surface area contributed by atoms with E-state index in [-0.39, 0.29) is 0 Å². The van der Waals surface area contributed by atoms with Gasteiger partial charge in [-0.1, -0.05) is 32.1 Å². The van der Waals surface area contributed by atoms with Gasteiger partial charge < -0.3 is 10.3 Å². The van der Waals surface area contributed by atoms with Crippen LogP contribution in [0.2, 0.25) is 0 Å². The molecule has 4 heteroatoms. The molecule has 0 bridgehead atoms. The number of aryl methyl sites for hydroxylation is 1. The first-order chi connectivity index (χ1) is 8.22. The molecule has 1 fully saturated rings. The fourth-order valence-corrected chi connectivity index (χ4v) is 3.23. The number of rotatable bonds is 4. The van der Waals surface area contributed by atoms with Gasteiger partial charge in [0.2, 0.25) is 0 Å². The number of nitrogens with two attached hydrogens (primary N) is 1. The van der Waals surface area contributed by atoms with E-state index in [2.05, 4.69) is 25.5 Å². The molecule has 2 rings (SSSR count). The molecule has 0 saturated heterocycles. The molecule has 0 spiro atoms. The predicted octanol–water partition coefficient (Wildman–Crippen LogP) is 3.15. The smallest absolute Gasteiger partial charge is 0.123 e. The van der Waals surface area contributed by atoms with Crippen molar-refractivity contribution in [3.8, 4) is 0 Å². The number of halogens is 1. The van der Waals surface area contributed by atoms with Gasteiger partial charge in [-0.3, -0.25) is 0 Å². The molecule has 2 N–H and O–H groups in total. The van der Waals surface area contributed by atoms with Crippen molar-refractivity contribution in [1.82, 2.24) is 9.55 Å². The molecule has 3 nitrogen and oxygen atoms in total. The van der Waals surface area contributed by atoms with Crippen LogP contribution in [0, 0.1) is 5.92 Å². The van der Waals surface area contributed by atoms with Crippen LogP contribution in [0.3, 0.4) is 0 Å². The number of hydrogen-bond acceptors (Lipinski definition) is 2. The standard InChI is InChI=1S/C13H22BrN3/c1-17-12(9-15)16-11(13(17)14)8-7-10-5-3-2-4-6-10/h10H,2-9,15H2,1H3. The molecule has 0 aromatic carbocycles. The van der Waals surface area contributed by atoms with Gasteiger partial charge in [-0.15, -0.1) is 0 Å². The summed E-state index contributed by atoms with van der Waals surface area (Å²) in [5.74, 6) is 1.88. The van der Waals surface area contributed by atoms with E-state index in [1.165, 1.54) is 44.2 Å². The molecule has 0 unspecified atom stereocenters. The van der Waals surface area contributed by atoms with Crippen LogP contribution in [-0.2, 0) is 20.0 Å². The molecule has 96 valence electrons. The van der Waals surface area contributed by atoms with Gasteiger partial charge in [0.1, 0.15) is 10.4 Å². The zero-order chi connectivity index (χ0) is 12.3. The van der Waals surface area contributed by atoms with Crippen molar-refractivity contribution in [2.75, 3.05) is 0 Å². The Balaban J connectivity index is 1.94. The van der Waals surface area contributed by atoms with Crippen LogP contribution in [0.1, 0.15) is 50.0 Å². The third-order valence-corrected chi connectivity index (χ3v) is 4.87. The fourth-order valence-electron chi connectivity index (χ4n) is 2.74. The molecule has 1 aromatic heterocycles. The van der Waals surface area contributed by atoms with Crippen LogP contribution < -0.4 is 5.73 Å². The summed E-state index contributed by atoms with van der Waals surface area (Å²) in [6.45, 7) is 0.512. The Morgan fingerprint density at radius 1 is 1.35 bits per heavy atom. The summed E-state index contributed by atoms with van der Waals surface area (Å²) in [5.41, 5.74) is 6.85. The third-order valence-electron chi connectivity index (χ3n) is 3.88. The predicted molar refractivity (Wildman–Crippen MR) is 73.7 cm³/mol. The highest BCUT2D eigenvalue weighted by molar-refractivity contribution is 9.10. The Kier molecular flexibility index (Phi) is 4.62. The summed E-state index contributed by atoms with van der Waals surface area (Å²) >= 11 is 3.61. The molecule has 1 aliphatic rings. The molecule has 0 atom stereocenters. The van der Waals surface area contributed by atoms with Crippen molar-refractivity contribution < 1.29 is 0 Å². The highest BCUT2D eigenvalue weighted by atomic mass is 79.9. The lowest BCUT2D eigenvalue weighted by Crippen LogP contribution is -2.07. The van der Waals surface area contributed by atoms with Crippen LogP contribution in [0.5, 0.6) is 0 Å². The molecular weight excluding hydrogens is 278 g/mol. The quantitative estimate of drug-likeness (QED) is 0.928. The van der Waals surface area contributed by atoms with Crippen molar-refractivity contribution in [2.45, 2.75) is 51.5 Å². The molecular formula is C13H22BrN3. The molecule has 0 radical (unpaired) electrons. The molecule has 0 aliphatic heterocycles. The Morgan fingerprint density at radius 3 is 2.65 bits per heavy atom. The van der Waals surface area contributed by atoms with Crippen molar-refractivity contribution >= 4 is 15.9 Å². The lowest BCUT2D eigenvalue weighted by Gasteiger charge is -2.20. The second-order valence-electron chi connectivity index (χ2n) is 5.07. The van der Waals surface area contributed by atoms with Gasteiger partial charge in [0.15, 0.2) is 0 Å². The van der Waals surface area contributed by atoms with Gasteiger partial charge in [0.05, 0.1) is 12.2 Å². The Bertz CT molecular complexity index is 367. The van der Waals surface area contributed by atoms with E-state index in [0.29, 0.717) is 6.54 Å². The molecule has 17 heavy (non-hydrogen) atoms. The average Bonchev–Trinajstić information content (AvgIpc) is 2.65. The second-order valence-corrected chi connectivity index (χ2v) is 5.82. The van der Waals surface area contributed by atoms with Crippen molar-refractivity contribution in [3.63, 3.8) is 0 Å². The summed E-state index contributed by atoms with van der Waals surface area (Å²) in [6, 6.07) is 0. The van der Waals surface area contributed by atoms with Crippen LogP contribution in [-0.4, -0.2) is 9.55 Å². The first-order valence-electron chi connectivity index (χ1n) is 6.62. The van der Waals surface area contributed by atoms with E-state index in [0.717, 1.165) is 22.8 Å². The molecule has 1 heterocycles. The van der Waals surface area contributed by atoms with Gasteiger partial charge in [0.25, 0.3) is 0 Å². The Labute approximate surface area is 112 Å². The van der Waals surface area contributed by atoms with E-state index in [4.69, 9.17) is 5.73 Å². The first-order valence-corrected chi connectivity index (χ1v) is 7.41. The van der Waals surface area contributed by atoms with Crippen molar-refractivity contribution in [1.29, 1.82) is 0 Å². The monoisotopic (exact) mass is 299 g/mol. The zero-order valence-corrected chi connectivity index (χ0v) is 12.2. The number of nitrogens with zero attached hydrogens (tertiary/aromatic N) is 2. The first kappa shape index (κ1) is 13.1. The summed E-state index contributed by atoms with van der Waals surface area (Å²) in [5, 5.41) is 0. The van der Waals surface area contributed by atoms with Gasteiger partial charge in [-0.2, -0.15) is 0 Å². The Morgan fingerprint density at radius 2 is 2.06 bits per heavy atom. The van der Waals surface area contributed by atoms with Gasteiger partial charge in [0, 0.05) is 7.05 Å². The van der Waals surface area contributed by atoms with Crippen molar-refractivity contribution in [2.24, 2.45) is 18.7 Å². The summed E-state index contributed by atoms with van der Waals surface area (Å²) in [7, 11) is 2.02. The summed E-state index contributed by atoms with van der Waals surface area (Å²) in [4.78, 5) is 4.60. The lowest BCUT2D eigenvalue weighted by molar-refractivity contribution is 0.338. The van der Waals surface area contributed by atoms with Crippen LogP contribution in [0.4, 0.5) is 0 Å². The number of aromatic nitrogens is 2. The minimum atomic E-state index is 0.512. The zero-order valence-electron chi connectivity index (χ0n) is 10.6. The maximum Gasteiger partial charge on any atom is 0.123 e. The topological polar surface area (TPSA) is 43.8 Å². The average molecular weight is 300 g/mol. The van der Waals surface area contributed by atoms with E-state index in [1.807, 2.05) is 7.05 Å². The van der Waals surface area contributed by atoms with Crippen LogP contribution >= 0.6 is 15.9 Å². The second kappa shape index (κ2) is 6.01. The third kappa shape index (κ3) is 3.10. The van der Waals surface area contributed by atoms with Crippen molar-refractivity contribution in [3.05, 3.63) is 16.1 Å². The van der Waals surface area contributed by atoms with Gasteiger partial charge in [-0.05, 0) is 34.7 Å². The largest absolute Gasteiger partial charge is 0.325 e. The molecule has 1 aliphatic carbocycles. The highest BCUT2D eigenvalue weighted by Crippen LogP contribution is 2.28. The van der Waals surface area contributed by atoms with E-state index in [9.17, 15) is 0 Å². The number of imidazole rings is 1. The molecule has 1 aromatic rings. The molecule has 0 amide bonds. The lowest BCUT2D eigenvalue weighted by atomic mass is 9.86. The van der Waals surface area contributed by atoms with Gasteiger partial charge in [-0.25, -0.2) is 4.98 Å². The van der Waals surface area contributed by atoms with E-state index >= 15 is 0 Å². The van der Waals surface area contributed by atoms with E-state index < -0.39 is 0 Å². The highest BCUT2D eigenvalue weighted by Gasteiger charge is 2.16. The summed E-state index contributed by atoms with van der Waals surface area (Å²) in [6.07, 6.45) is 9.45. The molecule has 1 saturated carbocycles. The SMILES string of the molecule is Cn1c(CN)nc(CCC2CCCCC2)c1Br. The normalized spacial score (nSPS) is 17.6. The minimum absolute atomic E-state index is 0.512. The van der Waals surface area contributed by atoms with Gasteiger partial charge >= 0.3 is 0 Å². The minimum Gasteiger partial charge on any atom is -0.325 e. The van der Waals surface area contributed by atoms with Crippen LogP contribution in [0.25, 0.3) is 0 Å². The van der Waals surface area contributed by atoms with Crippen LogP contribution in [0.15, 0.2) is 4.60 Å². The van der Waals surface area contributed by atoms with E-state index in [1.54, 1.807) is 0 Å². The number of hydrogen-bond donors (Lipinski definition) is 1. The summed E-state index contributed by atoms with van der Waals surface area (Å²) < 4.78 is 3.16. The maximum absolute atomic E-state index is 5.67.